The van der Waals surface area contributed by atoms with Gasteiger partial charge >= 0.3 is 0 Å². The number of carbonyl (C=O) groups excluding carboxylic acids is 1. The Kier molecular flexibility index (Phi) is 5.83. The predicted octanol–water partition coefficient (Wildman–Crippen LogP) is 5.48. The summed E-state index contributed by atoms with van der Waals surface area (Å²) < 4.78 is 0. The van der Waals surface area contributed by atoms with Gasteiger partial charge in [0.25, 0.3) is 0 Å². The van der Waals surface area contributed by atoms with Crippen molar-refractivity contribution >= 4 is 5.78 Å². The smallest absolute Gasteiger partial charge is 0.164 e. The normalized spacial score (nSPS) is 23.2. The molecule has 25 heavy (non-hydrogen) atoms. The molecule has 1 aromatic rings. The molecule has 1 aliphatic carbocycles. The first-order valence-electron chi connectivity index (χ1n) is 9.82. The fourth-order valence-electron chi connectivity index (χ4n) is 3.61. The van der Waals surface area contributed by atoms with Crippen molar-refractivity contribution in [2.75, 3.05) is 0 Å². The highest BCUT2D eigenvalue weighted by Crippen LogP contribution is 2.33. The highest BCUT2D eigenvalue weighted by atomic mass is 16.3. The molecule has 0 saturated heterocycles. The number of hydrogen-bond donors (Lipinski definition) is 1. The molecule has 2 heteroatoms. The van der Waals surface area contributed by atoms with E-state index < -0.39 is 5.60 Å². The average molecular weight is 345 g/mol. The quantitative estimate of drug-likeness (QED) is 0.771. The Morgan fingerprint density at radius 2 is 1.40 bits per heavy atom. The minimum Gasteiger partial charge on any atom is -0.382 e. The van der Waals surface area contributed by atoms with Gasteiger partial charge in [-0.3, -0.25) is 4.79 Å². The summed E-state index contributed by atoms with van der Waals surface area (Å²) in [6, 6.07) is 6.67. The van der Waals surface area contributed by atoms with Crippen LogP contribution in [0.15, 0.2) is 18.2 Å². The highest BCUT2D eigenvalue weighted by molar-refractivity contribution is 5.87. The second kappa shape index (κ2) is 7.23. The van der Waals surface area contributed by atoms with Gasteiger partial charge in [-0.25, -0.2) is 0 Å². The third kappa shape index (κ3) is 5.17. The van der Waals surface area contributed by atoms with Crippen LogP contribution >= 0.6 is 0 Å². The second-order valence-electron chi connectivity index (χ2n) is 9.96. The van der Waals surface area contributed by atoms with Gasteiger partial charge in [0, 0.05) is 12.8 Å². The van der Waals surface area contributed by atoms with Gasteiger partial charge in [-0.1, -0.05) is 79.0 Å². The molecule has 0 unspecified atom stereocenters. The van der Waals surface area contributed by atoms with E-state index in [1.165, 1.54) is 11.1 Å². The Balaban J connectivity index is 2.41. The summed E-state index contributed by atoms with van der Waals surface area (Å²) in [5, 5.41) is 11.1. The Morgan fingerprint density at radius 1 is 0.880 bits per heavy atom. The first kappa shape index (κ1) is 20.2. The molecule has 1 fully saturated rings. The fourth-order valence-corrected chi connectivity index (χ4v) is 3.61. The van der Waals surface area contributed by atoms with Crippen LogP contribution in [0.3, 0.4) is 0 Å². The van der Waals surface area contributed by atoms with Gasteiger partial charge in [0.1, 0.15) is 5.60 Å². The number of rotatable bonds is 2. The van der Waals surface area contributed by atoms with Crippen molar-refractivity contribution in [2.45, 2.75) is 103 Å². The lowest BCUT2D eigenvalue weighted by atomic mass is 9.76. The van der Waals surface area contributed by atoms with E-state index in [1.54, 1.807) is 0 Å². The number of benzene rings is 1. The van der Waals surface area contributed by atoms with Gasteiger partial charge < -0.3 is 5.11 Å². The Hall–Kier alpha value is -1.15. The molecule has 1 N–H and O–H groups in total. The standard InChI is InChI=1S/C23H36O2/c1-21(2,3)18-13-17(14-19(15-18)22(4,5)6)16-23(25)12-10-8-7-9-11-20(23)24/h13-15,25H,7-12,16H2,1-6H3/t23-/m0/s1. The van der Waals surface area contributed by atoms with E-state index in [9.17, 15) is 9.90 Å². The Bertz CT molecular complexity index is 584. The van der Waals surface area contributed by atoms with Gasteiger partial charge in [0.2, 0.25) is 0 Å². The van der Waals surface area contributed by atoms with Crippen LogP contribution < -0.4 is 0 Å². The maximum atomic E-state index is 12.6. The number of carbonyl (C=O) groups is 1. The lowest BCUT2D eigenvalue weighted by Crippen LogP contribution is -2.41. The zero-order valence-electron chi connectivity index (χ0n) is 17.0. The maximum Gasteiger partial charge on any atom is 0.164 e. The zero-order chi connectivity index (χ0) is 18.9. The van der Waals surface area contributed by atoms with Crippen LogP contribution in [0.2, 0.25) is 0 Å². The van der Waals surface area contributed by atoms with Gasteiger partial charge in [0.05, 0.1) is 0 Å². The van der Waals surface area contributed by atoms with Crippen molar-refractivity contribution in [3.8, 4) is 0 Å². The molecule has 1 aliphatic rings. The van der Waals surface area contributed by atoms with Crippen LogP contribution in [0.25, 0.3) is 0 Å². The molecule has 2 nitrogen and oxygen atoms in total. The summed E-state index contributed by atoms with van der Waals surface area (Å²) in [5.41, 5.74) is 2.54. The van der Waals surface area contributed by atoms with Crippen LogP contribution in [0.1, 0.15) is 96.8 Å². The van der Waals surface area contributed by atoms with Crippen LogP contribution in [0.4, 0.5) is 0 Å². The maximum absolute atomic E-state index is 12.6. The van der Waals surface area contributed by atoms with Gasteiger partial charge in [0.15, 0.2) is 5.78 Å². The summed E-state index contributed by atoms with van der Waals surface area (Å²) >= 11 is 0. The average Bonchev–Trinajstić information content (AvgIpc) is 2.47. The van der Waals surface area contributed by atoms with E-state index in [4.69, 9.17) is 0 Å². The van der Waals surface area contributed by atoms with E-state index in [0.29, 0.717) is 19.3 Å². The molecule has 0 heterocycles. The molecule has 0 aliphatic heterocycles. The molecule has 0 bridgehead atoms. The molecular formula is C23H36O2. The minimum absolute atomic E-state index is 0.0330. The summed E-state index contributed by atoms with van der Waals surface area (Å²) in [4.78, 5) is 12.6. The lowest BCUT2D eigenvalue weighted by Gasteiger charge is -2.31. The molecule has 0 radical (unpaired) electrons. The molecule has 0 spiro atoms. The fraction of sp³-hybridized carbons (Fsp3) is 0.696. The van der Waals surface area contributed by atoms with E-state index in [0.717, 1.165) is 31.2 Å². The molecule has 2 rings (SSSR count). The summed E-state index contributed by atoms with van der Waals surface area (Å²) in [6.07, 6.45) is 5.63. The van der Waals surface area contributed by atoms with Crippen molar-refractivity contribution in [3.05, 3.63) is 34.9 Å². The van der Waals surface area contributed by atoms with E-state index in [1.807, 2.05) is 0 Å². The molecule has 0 aromatic heterocycles. The van der Waals surface area contributed by atoms with Gasteiger partial charge in [-0.05, 0) is 40.4 Å². The summed E-state index contributed by atoms with van der Waals surface area (Å²) in [5.74, 6) is 0.0330. The third-order valence-corrected chi connectivity index (χ3v) is 5.48. The minimum atomic E-state index is -1.19. The van der Waals surface area contributed by atoms with Gasteiger partial charge in [-0.2, -0.15) is 0 Å². The van der Waals surface area contributed by atoms with E-state index in [-0.39, 0.29) is 16.6 Å². The summed E-state index contributed by atoms with van der Waals surface area (Å²) in [6.45, 7) is 13.3. The molecule has 1 aromatic carbocycles. The molecule has 0 amide bonds. The van der Waals surface area contributed by atoms with Crippen molar-refractivity contribution in [3.63, 3.8) is 0 Å². The first-order chi connectivity index (χ1) is 11.4. The van der Waals surface area contributed by atoms with Gasteiger partial charge in [-0.15, -0.1) is 0 Å². The van der Waals surface area contributed by atoms with Crippen LogP contribution in [0.5, 0.6) is 0 Å². The van der Waals surface area contributed by atoms with Crippen molar-refractivity contribution in [1.82, 2.24) is 0 Å². The molecular weight excluding hydrogens is 308 g/mol. The largest absolute Gasteiger partial charge is 0.382 e. The van der Waals surface area contributed by atoms with Crippen LogP contribution in [-0.2, 0) is 22.0 Å². The van der Waals surface area contributed by atoms with Crippen molar-refractivity contribution < 1.29 is 9.90 Å². The summed E-state index contributed by atoms with van der Waals surface area (Å²) in [7, 11) is 0. The molecule has 140 valence electrons. The number of hydrogen-bond acceptors (Lipinski definition) is 2. The van der Waals surface area contributed by atoms with Crippen molar-refractivity contribution in [2.24, 2.45) is 0 Å². The molecule has 1 saturated carbocycles. The lowest BCUT2D eigenvalue weighted by molar-refractivity contribution is -0.138. The Morgan fingerprint density at radius 3 is 1.92 bits per heavy atom. The predicted molar refractivity (Wildman–Crippen MR) is 105 cm³/mol. The first-order valence-corrected chi connectivity index (χ1v) is 9.82. The van der Waals surface area contributed by atoms with Crippen molar-refractivity contribution in [1.29, 1.82) is 0 Å². The number of Topliss-reactive ketones (excluding diaryl/α,β-unsaturated/α-hetero) is 1. The van der Waals surface area contributed by atoms with Crippen LogP contribution in [0, 0.1) is 0 Å². The second-order valence-corrected chi connectivity index (χ2v) is 9.96. The number of aliphatic hydroxyl groups is 1. The zero-order valence-corrected chi connectivity index (χ0v) is 17.0. The SMILES string of the molecule is CC(C)(C)c1cc(C[C@@]2(O)CCCCCCC2=O)cc(C(C)(C)C)c1. The van der Waals surface area contributed by atoms with E-state index in [2.05, 4.69) is 59.7 Å². The topological polar surface area (TPSA) is 37.3 Å². The molecule has 1 atom stereocenters. The van der Waals surface area contributed by atoms with Crippen LogP contribution in [-0.4, -0.2) is 16.5 Å². The third-order valence-electron chi connectivity index (χ3n) is 5.48. The number of ketones is 1. The van der Waals surface area contributed by atoms with E-state index >= 15 is 0 Å². The monoisotopic (exact) mass is 344 g/mol. The highest BCUT2D eigenvalue weighted by Gasteiger charge is 2.36. The Labute approximate surface area is 154 Å².